The standard InChI is InChI=1S/C19H14O4/c1-11-7-8-12-10-14(19(20)23-16(12)9-11)18-17(21-2)13-5-3-4-6-15(13)22-18/h3-10H,1-2H3. The molecule has 0 bridgehead atoms. The minimum Gasteiger partial charge on any atom is -0.492 e. The SMILES string of the molecule is COc1c(-c2cc3ccc(C)cc3oc2=O)oc2ccccc12. The van der Waals surface area contributed by atoms with E-state index in [9.17, 15) is 4.79 Å². The number of fused-ring (bicyclic) bond motifs is 2. The molecule has 0 spiro atoms. The molecular formula is C19H14O4. The second-order valence-electron chi connectivity index (χ2n) is 5.45. The van der Waals surface area contributed by atoms with Gasteiger partial charge in [0.15, 0.2) is 11.5 Å². The summed E-state index contributed by atoms with van der Waals surface area (Å²) in [4.78, 5) is 12.4. The van der Waals surface area contributed by atoms with Gasteiger partial charge in [-0.15, -0.1) is 0 Å². The zero-order valence-corrected chi connectivity index (χ0v) is 12.8. The van der Waals surface area contributed by atoms with E-state index >= 15 is 0 Å². The highest BCUT2D eigenvalue weighted by Crippen LogP contribution is 2.39. The van der Waals surface area contributed by atoms with Gasteiger partial charge in [0, 0.05) is 5.39 Å². The van der Waals surface area contributed by atoms with E-state index in [1.165, 1.54) is 0 Å². The lowest BCUT2D eigenvalue weighted by atomic mass is 10.1. The Kier molecular flexibility index (Phi) is 2.98. The average Bonchev–Trinajstić information content (AvgIpc) is 2.92. The van der Waals surface area contributed by atoms with Crippen LogP contribution in [0.4, 0.5) is 0 Å². The molecule has 0 fully saturated rings. The van der Waals surface area contributed by atoms with Crippen molar-refractivity contribution in [2.75, 3.05) is 7.11 Å². The molecule has 0 aliphatic carbocycles. The fraction of sp³-hybridized carbons (Fsp3) is 0.105. The summed E-state index contributed by atoms with van der Waals surface area (Å²) < 4.78 is 16.8. The van der Waals surface area contributed by atoms with E-state index in [-0.39, 0.29) is 0 Å². The second kappa shape index (κ2) is 5.02. The number of benzene rings is 2. The summed E-state index contributed by atoms with van der Waals surface area (Å²) >= 11 is 0. The monoisotopic (exact) mass is 306 g/mol. The smallest absolute Gasteiger partial charge is 0.347 e. The van der Waals surface area contributed by atoms with Gasteiger partial charge in [0.05, 0.1) is 12.5 Å². The molecule has 0 aliphatic rings. The van der Waals surface area contributed by atoms with E-state index in [1.807, 2.05) is 49.4 Å². The summed E-state index contributed by atoms with van der Waals surface area (Å²) in [5.41, 5.74) is 2.18. The number of hydrogen-bond donors (Lipinski definition) is 0. The van der Waals surface area contributed by atoms with Crippen molar-refractivity contribution < 1.29 is 13.6 Å². The van der Waals surface area contributed by atoms with E-state index < -0.39 is 5.63 Å². The van der Waals surface area contributed by atoms with Gasteiger partial charge in [0.25, 0.3) is 0 Å². The van der Waals surface area contributed by atoms with Crippen molar-refractivity contribution >= 4 is 21.9 Å². The van der Waals surface area contributed by atoms with Gasteiger partial charge in [0.1, 0.15) is 16.7 Å². The number of methoxy groups -OCH3 is 1. The highest BCUT2D eigenvalue weighted by molar-refractivity contribution is 5.92. The minimum atomic E-state index is -0.444. The fourth-order valence-electron chi connectivity index (χ4n) is 2.78. The topological polar surface area (TPSA) is 52.6 Å². The first-order valence-electron chi connectivity index (χ1n) is 7.28. The predicted molar refractivity (Wildman–Crippen MR) is 89.0 cm³/mol. The van der Waals surface area contributed by atoms with Crippen LogP contribution >= 0.6 is 0 Å². The summed E-state index contributed by atoms with van der Waals surface area (Å²) in [5.74, 6) is 0.935. The third kappa shape index (κ3) is 2.11. The first-order chi connectivity index (χ1) is 11.2. The highest BCUT2D eigenvalue weighted by atomic mass is 16.5. The summed E-state index contributed by atoms with van der Waals surface area (Å²) in [5, 5.41) is 1.67. The molecule has 2 aromatic carbocycles. The average molecular weight is 306 g/mol. The van der Waals surface area contributed by atoms with Crippen molar-refractivity contribution in [3.05, 3.63) is 64.5 Å². The molecule has 0 saturated heterocycles. The zero-order chi connectivity index (χ0) is 16.0. The Hall–Kier alpha value is -3.01. The molecule has 114 valence electrons. The van der Waals surface area contributed by atoms with E-state index in [0.29, 0.717) is 28.2 Å². The maximum Gasteiger partial charge on any atom is 0.347 e. The van der Waals surface area contributed by atoms with Crippen LogP contribution in [0.25, 0.3) is 33.3 Å². The Labute approximate surface area is 131 Å². The molecule has 2 heterocycles. The molecule has 0 unspecified atom stereocenters. The third-order valence-corrected chi connectivity index (χ3v) is 3.89. The summed E-state index contributed by atoms with van der Waals surface area (Å²) in [6.45, 7) is 1.95. The summed E-state index contributed by atoms with van der Waals surface area (Å²) in [7, 11) is 1.56. The molecule has 0 saturated carbocycles. The molecule has 4 nitrogen and oxygen atoms in total. The Morgan fingerprint density at radius 2 is 1.78 bits per heavy atom. The molecule has 23 heavy (non-hydrogen) atoms. The van der Waals surface area contributed by atoms with Crippen LogP contribution in [0, 0.1) is 6.92 Å². The first-order valence-corrected chi connectivity index (χ1v) is 7.28. The van der Waals surface area contributed by atoms with E-state index in [1.54, 1.807) is 13.2 Å². The largest absolute Gasteiger partial charge is 0.492 e. The Bertz CT molecular complexity index is 1090. The number of ether oxygens (including phenoxy) is 1. The van der Waals surface area contributed by atoms with Crippen molar-refractivity contribution in [3.63, 3.8) is 0 Å². The van der Waals surface area contributed by atoms with Crippen LogP contribution in [-0.4, -0.2) is 7.11 Å². The Morgan fingerprint density at radius 1 is 0.957 bits per heavy atom. The molecule has 4 heteroatoms. The van der Waals surface area contributed by atoms with Crippen molar-refractivity contribution in [2.45, 2.75) is 6.92 Å². The Morgan fingerprint density at radius 3 is 2.61 bits per heavy atom. The molecule has 0 radical (unpaired) electrons. The highest BCUT2D eigenvalue weighted by Gasteiger charge is 2.20. The number of para-hydroxylation sites is 1. The lowest BCUT2D eigenvalue weighted by Crippen LogP contribution is -2.03. The van der Waals surface area contributed by atoms with Crippen LogP contribution in [0.5, 0.6) is 5.75 Å². The molecule has 0 amide bonds. The van der Waals surface area contributed by atoms with Gasteiger partial charge in [-0.25, -0.2) is 4.79 Å². The molecular weight excluding hydrogens is 292 g/mol. The van der Waals surface area contributed by atoms with Crippen LogP contribution in [-0.2, 0) is 0 Å². The lowest BCUT2D eigenvalue weighted by Gasteiger charge is -2.03. The minimum absolute atomic E-state index is 0.356. The van der Waals surface area contributed by atoms with Crippen molar-refractivity contribution in [3.8, 4) is 17.1 Å². The number of aryl methyl sites for hydroxylation is 1. The summed E-state index contributed by atoms with van der Waals surface area (Å²) in [6, 6.07) is 15.0. The quantitative estimate of drug-likeness (QED) is 0.511. The van der Waals surface area contributed by atoms with Crippen LogP contribution in [0.3, 0.4) is 0 Å². The number of rotatable bonds is 2. The van der Waals surface area contributed by atoms with Crippen LogP contribution < -0.4 is 10.4 Å². The molecule has 4 aromatic rings. The molecule has 0 aliphatic heterocycles. The van der Waals surface area contributed by atoms with Crippen LogP contribution in [0.15, 0.2) is 62.2 Å². The van der Waals surface area contributed by atoms with Crippen molar-refractivity contribution in [1.82, 2.24) is 0 Å². The normalized spacial score (nSPS) is 11.2. The number of hydrogen-bond acceptors (Lipinski definition) is 4. The van der Waals surface area contributed by atoms with Gasteiger partial charge < -0.3 is 13.6 Å². The Balaban J connectivity index is 2.04. The van der Waals surface area contributed by atoms with Gasteiger partial charge in [0.2, 0.25) is 0 Å². The van der Waals surface area contributed by atoms with E-state index in [2.05, 4.69) is 0 Å². The summed E-state index contributed by atoms with van der Waals surface area (Å²) in [6.07, 6.45) is 0. The molecule has 2 aromatic heterocycles. The third-order valence-electron chi connectivity index (χ3n) is 3.89. The van der Waals surface area contributed by atoms with Crippen molar-refractivity contribution in [1.29, 1.82) is 0 Å². The maximum atomic E-state index is 12.4. The van der Waals surface area contributed by atoms with Gasteiger partial charge in [-0.05, 0) is 36.8 Å². The fourth-order valence-corrected chi connectivity index (χ4v) is 2.78. The van der Waals surface area contributed by atoms with Crippen LogP contribution in [0.1, 0.15) is 5.56 Å². The second-order valence-corrected chi connectivity index (χ2v) is 5.45. The molecule has 0 N–H and O–H groups in total. The van der Waals surface area contributed by atoms with Crippen LogP contribution in [0.2, 0.25) is 0 Å². The van der Waals surface area contributed by atoms with Gasteiger partial charge in [-0.2, -0.15) is 0 Å². The van der Waals surface area contributed by atoms with Gasteiger partial charge in [-0.1, -0.05) is 24.3 Å². The predicted octanol–water partition coefficient (Wildman–Crippen LogP) is 4.52. The van der Waals surface area contributed by atoms with E-state index in [4.69, 9.17) is 13.6 Å². The first kappa shape index (κ1) is 13.6. The van der Waals surface area contributed by atoms with E-state index in [0.717, 1.165) is 16.3 Å². The molecule has 4 rings (SSSR count). The maximum absolute atomic E-state index is 12.4. The molecule has 0 atom stereocenters. The van der Waals surface area contributed by atoms with Gasteiger partial charge in [-0.3, -0.25) is 0 Å². The number of furan rings is 1. The zero-order valence-electron chi connectivity index (χ0n) is 12.8. The lowest BCUT2D eigenvalue weighted by molar-refractivity contribution is 0.413. The van der Waals surface area contributed by atoms with Gasteiger partial charge >= 0.3 is 5.63 Å². The van der Waals surface area contributed by atoms with Crippen molar-refractivity contribution in [2.24, 2.45) is 0 Å².